The molecule has 1 unspecified atom stereocenters. The Hall–Kier alpha value is -1.82. The summed E-state index contributed by atoms with van der Waals surface area (Å²) < 4.78 is 4.94. The van der Waals surface area contributed by atoms with Gasteiger partial charge in [-0.2, -0.15) is 5.26 Å². The largest absolute Gasteiger partial charge is 0.484 e. The Morgan fingerprint density at radius 3 is 2.79 bits per heavy atom. The molecule has 0 N–H and O–H groups in total. The first kappa shape index (κ1) is 10.3. The molecular weight excluding hydrogens is 176 g/mol. The van der Waals surface area contributed by atoms with E-state index in [1.54, 1.807) is 0 Å². The maximum absolute atomic E-state index is 8.86. The minimum Gasteiger partial charge on any atom is -0.484 e. The van der Waals surface area contributed by atoms with Gasteiger partial charge in [-0.05, 0) is 12.5 Å². The molecule has 0 spiro atoms. The molecular formula is C11H12N2O. The van der Waals surface area contributed by atoms with Crippen LogP contribution in [0, 0.1) is 11.3 Å². The number of ether oxygens (including phenoxy) is 1. The fraction of sp³-hybridized carbons (Fsp3) is 0.273. The summed E-state index contributed by atoms with van der Waals surface area (Å²) in [5.41, 5.74) is 0.881. The molecule has 0 radical (unpaired) electrons. The van der Waals surface area contributed by atoms with E-state index >= 15 is 0 Å². The van der Waals surface area contributed by atoms with Gasteiger partial charge in [0.05, 0.1) is 12.7 Å². The zero-order chi connectivity index (χ0) is 10.2. The monoisotopic (exact) mass is 188 g/mol. The summed E-state index contributed by atoms with van der Waals surface area (Å²) in [6.45, 7) is 2.44. The average Bonchev–Trinajstić information content (AvgIpc) is 2.26. The van der Waals surface area contributed by atoms with E-state index in [-0.39, 0.29) is 0 Å². The van der Waals surface area contributed by atoms with Gasteiger partial charge >= 0.3 is 0 Å². The van der Waals surface area contributed by atoms with Gasteiger partial charge in [0.1, 0.15) is 0 Å². The van der Waals surface area contributed by atoms with Gasteiger partial charge in [0.2, 0.25) is 0 Å². The van der Waals surface area contributed by atoms with E-state index in [4.69, 9.17) is 10.00 Å². The summed E-state index contributed by atoms with van der Waals surface area (Å²) in [5, 5.41) is 8.86. The van der Waals surface area contributed by atoms with Crippen LogP contribution >= 0.6 is 0 Å². The Morgan fingerprint density at radius 2 is 2.21 bits per heavy atom. The van der Waals surface area contributed by atoms with Gasteiger partial charge in [0.25, 0.3) is 0 Å². The van der Waals surface area contributed by atoms with E-state index in [1.165, 1.54) is 6.40 Å². The van der Waals surface area contributed by atoms with E-state index < -0.39 is 6.04 Å². The Morgan fingerprint density at radius 1 is 1.50 bits per heavy atom. The molecule has 14 heavy (non-hydrogen) atoms. The van der Waals surface area contributed by atoms with Crippen LogP contribution in [0.3, 0.4) is 0 Å². The smallest absolute Gasteiger partial charge is 0.171 e. The van der Waals surface area contributed by atoms with E-state index in [9.17, 15) is 0 Å². The van der Waals surface area contributed by atoms with Crippen LogP contribution in [0.5, 0.6) is 0 Å². The molecule has 0 aliphatic rings. The van der Waals surface area contributed by atoms with E-state index in [2.05, 4.69) is 11.1 Å². The number of rotatable bonds is 4. The van der Waals surface area contributed by atoms with Crippen LogP contribution in [-0.4, -0.2) is 13.0 Å². The highest BCUT2D eigenvalue weighted by Gasteiger charge is 2.05. The zero-order valence-corrected chi connectivity index (χ0v) is 8.05. The number of nitriles is 1. The van der Waals surface area contributed by atoms with Gasteiger partial charge < -0.3 is 4.74 Å². The van der Waals surface area contributed by atoms with Crippen molar-refractivity contribution in [3.05, 3.63) is 35.9 Å². The van der Waals surface area contributed by atoms with Gasteiger partial charge in [-0.25, -0.2) is 4.99 Å². The zero-order valence-electron chi connectivity index (χ0n) is 8.05. The first-order valence-corrected chi connectivity index (χ1v) is 4.46. The van der Waals surface area contributed by atoms with Crippen LogP contribution in [0.25, 0.3) is 0 Å². The van der Waals surface area contributed by atoms with Crippen molar-refractivity contribution in [3.8, 4) is 6.07 Å². The second-order valence-corrected chi connectivity index (χ2v) is 2.65. The lowest BCUT2D eigenvalue weighted by Crippen LogP contribution is -1.94. The molecule has 0 aromatic heterocycles. The molecule has 0 saturated heterocycles. The molecule has 3 heteroatoms. The second kappa shape index (κ2) is 5.76. The molecule has 0 saturated carbocycles. The number of aliphatic imine (C=N–C) groups is 1. The summed E-state index contributed by atoms with van der Waals surface area (Å²) in [6, 6.07) is 11.1. The minimum atomic E-state index is -0.470. The van der Waals surface area contributed by atoms with Crippen LogP contribution in [0.15, 0.2) is 35.3 Å². The van der Waals surface area contributed by atoms with Gasteiger partial charge in [-0.3, -0.25) is 0 Å². The maximum Gasteiger partial charge on any atom is 0.171 e. The van der Waals surface area contributed by atoms with Gasteiger partial charge in [0.15, 0.2) is 12.4 Å². The highest BCUT2D eigenvalue weighted by atomic mass is 16.5. The van der Waals surface area contributed by atoms with E-state index in [0.29, 0.717) is 6.61 Å². The van der Waals surface area contributed by atoms with Crippen molar-refractivity contribution >= 4 is 6.40 Å². The Bertz CT molecular complexity index is 327. The van der Waals surface area contributed by atoms with Crippen LogP contribution < -0.4 is 0 Å². The van der Waals surface area contributed by atoms with Crippen molar-refractivity contribution in [3.63, 3.8) is 0 Å². The third kappa shape index (κ3) is 2.91. The topological polar surface area (TPSA) is 45.4 Å². The molecule has 0 aliphatic heterocycles. The molecule has 72 valence electrons. The molecule has 1 aromatic carbocycles. The molecule has 0 fully saturated rings. The molecule has 0 heterocycles. The van der Waals surface area contributed by atoms with Crippen molar-refractivity contribution in [1.82, 2.24) is 0 Å². The molecule has 1 atom stereocenters. The summed E-state index contributed by atoms with van der Waals surface area (Å²) >= 11 is 0. The third-order valence-electron chi connectivity index (χ3n) is 1.69. The standard InChI is InChI=1S/C11H12N2O/c1-2-14-9-13-11(8-12)10-6-4-3-5-7-10/h3-7,9,11H,2H2,1H3. The normalized spacial score (nSPS) is 12.3. The molecule has 1 aromatic rings. The lowest BCUT2D eigenvalue weighted by Gasteiger charge is -2.02. The van der Waals surface area contributed by atoms with Crippen LogP contribution in [0.4, 0.5) is 0 Å². The van der Waals surface area contributed by atoms with Crippen LogP contribution in [0.2, 0.25) is 0 Å². The van der Waals surface area contributed by atoms with E-state index in [0.717, 1.165) is 5.56 Å². The molecule has 0 amide bonds. The predicted molar refractivity (Wildman–Crippen MR) is 54.9 cm³/mol. The highest BCUT2D eigenvalue weighted by molar-refractivity contribution is 5.48. The Labute approximate surface area is 83.7 Å². The van der Waals surface area contributed by atoms with Crippen molar-refractivity contribution in [2.75, 3.05) is 6.61 Å². The van der Waals surface area contributed by atoms with Crippen molar-refractivity contribution in [2.24, 2.45) is 4.99 Å². The first-order chi connectivity index (χ1) is 6.88. The minimum absolute atomic E-state index is 0.470. The highest BCUT2D eigenvalue weighted by Crippen LogP contribution is 2.14. The van der Waals surface area contributed by atoms with Crippen LogP contribution in [0.1, 0.15) is 18.5 Å². The van der Waals surface area contributed by atoms with E-state index in [1.807, 2.05) is 37.3 Å². The lowest BCUT2D eigenvalue weighted by molar-refractivity contribution is 0.341. The quantitative estimate of drug-likeness (QED) is 0.537. The number of hydrogen-bond acceptors (Lipinski definition) is 3. The second-order valence-electron chi connectivity index (χ2n) is 2.65. The fourth-order valence-corrected chi connectivity index (χ4v) is 1.01. The molecule has 3 nitrogen and oxygen atoms in total. The summed E-state index contributed by atoms with van der Waals surface area (Å²) in [4.78, 5) is 3.99. The maximum atomic E-state index is 8.86. The summed E-state index contributed by atoms with van der Waals surface area (Å²) in [7, 11) is 0. The van der Waals surface area contributed by atoms with Crippen molar-refractivity contribution in [2.45, 2.75) is 13.0 Å². The molecule has 0 bridgehead atoms. The average molecular weight is 188 g/mol. The Balaban J connectivity index is 2.69. The number of nitrogens with zero attached hydrogens (tertiary/aromatic N) is 2. The SMILES string of the molecule is CCOC=NC(C#N)c1ccccc1. The van der Waals surface area contributed by atoms with Gasteiger partial charge in [-0.1, -0.05) is 30.3 Å². The van der Waals surface area contributed by atoms with Gasteiger partial charge in [-0.15, -0.1) is 0 Å². The third-order valence-corrected chi connectivity index (χ3v) is 1.69. The number of hydrogen-bond donors (Lipinski definition) is 0. The summed E-state index contributed by atoms with van der Waals surface area (Å²) in [6.07, 6.45) is 1.33. The lowest BCUT2D eigenvalue weighted by atomic mass is 10.1. The summed E-state index contributed by atoms with van der Waals surface area (Å²) in [5.74, 6) is 0. The number of benzene rings is 1. The van der Waals surface area contributed by atoms with Crippen molar-refractivity contribution < 1.29 is 4.74 Å². The first-order valence-electron chi connectivity index (χ1n) is 4.46. The van der Waals surface area contributed by atoms with Gasteiger partial charge in [0, 0.05) is 0 Å². The molecule has 1 rings (SSSR count). The predicted octanol–water partition coefficient (Wildman–Crippen LogP) is 2.32. The Kier molecular flexibility index (Phi) is 4.22. The fourth-order valence-electron chi connectivity index (χ4n) is 1.01. The van der Waals surface area contributed by atoms with Crippen molar-refractivity contribution in [1.29, 1.82) is 5.26 Å². The molecule has 0 aliphatic carbocycles. The van der Waals surface area contributed by atoms with Crippen LogP contribution in [-0.2, 0) is 4.74 Å².